The van der Waals surface area contributed by atoms with Gasteiger partial charge in [-0.3, -0.25) is 23.9 Å². The molecule has 4 aromatic rings. The Morgan fingerprint density at radius 3 is 2.42 bits per heavy atom. The van der Waals surface area contributed by atoms with Gasteiger partial charge in [0.25, 0.3) is 11.5 Å². The molecule has 1 atom stereocenters. The second-order valence-electron chi connectivity index (χ2n) is 13.3. The number of carbonyl (C=O) groups is 2. The lowest BCUT2D eigenvalue weighted by molar-refractivity contribution is -0.161. The zero-order chi connectivity index (χ0) is 34.1. The quantitative estimate of drug-likeness (QED) is 0.338. The first kappa shape index (κ1) is 31.5. The Bertz CT molecular complexity index is 2120. The van der Waals surface area contributed by atoms with Crippen molar-refractivity contribution in [3.8, 4) is 28.3 Å². The van der Waals surface area contributed by atoms with Crippen LogP contribution in [0.15, 0.2) is 58.3 Å². The lowest BCUT2D eigenvalue weighted by Gasteiger charge is -2.61. The number of rotatable bonds is 6. The number of hydrogen-bond donors (Lipinski definition) is 1. The van der Waals surface area contributed by atoms with Crippen LogP contribution in [0.4, 0.5) is 10.1 Å². The van der Waals surface area contributed by atoms with Crippen LogP contribution in [0.1, 0.15) is 46.4 Å². The highest BCUT2D eigenvalue weighted by atomic mass is 19.1. The summed E-state index contributed by atoms with van der Waals surface area (Å²) in [5, 5.41) is 2.76. The van der Waals surface area contributed by atoms with Crippen LogP contribution in [0.2, 0.25) is 0 Å². The van der Waals surface area contributed by atoms with Crippen molar-refractivity contribution in [3.63, 3.8) is 0 Å². The van der Waals surface area contributed by atoms with Crippen molar-refractivity contribution in [2.24, 2.45) is 19.5 Å². The third kappa shape index (κ3) is 5.02. The van der Waals surface area contributed by atoms with Crippen molar-refractivity contribution in [1.29, 1.82) is 0 Å². The van der Waals surface area contributed by atoms with E-state index in [2.05, 4.69) is 10.2 Å². The number of aryl methyl sites for hydroxylation is 2. The number of pyridine rings is 1. The van der Waals surface area contributed by atoms with Gasteiger partial charge >= 0.3 is 5.69 Å². The molecule has 12 heteroatoms. The van der Waals surface area contributed by atoms with Gasteiger partial charge in [-0.15, -0.1) is 0 Å². The molecule has 3 aliphatic rings. The monoisotopic (exact) mass is 652 g/mol. The number of nitrogens with one attached hydrogen (secondary N) is 1. The summed E-state index contributed by atoms with van der Waals surface area (Å²) in [6.07, 6.45) is 2.96. The smallest absolute Gasteiger partial charge is 0.330 e. The fourth-order valence-corrected chi connectivity index (χ4v) is 7.62. The molecule has 2 aromatic heterocycles. The summed E-state index contributed by atoms with van der Waals surface area (Å²) < 4.78 is 24.3. The molecule has 2 aromatic carbocycles. The molecule has 4 heterocycles. The van der Waals surface area contributed by atoms with Crippen LogP contribution in [0.3, 0.4) is 0 Å². The molecule has 48 heavy (non-hydrogen) atoms. The molecule has 1 spiro atoms. The predicted octanol–water partition coefficient (Wildman–Crippen LogP) is 3.67. The van der Waals surface area contributed by atoms with E-state index in [9.17, 15) is 19.2 Å². The summed E-state index contributed by atoms with van der Waals surface area (Å²) >= 11 is 0. The summed E-state index contributed by atoms with van der Waals surface area (Å²) in [5.74, 6) is -0.502. The predicted molar refractivity (Wildman–Crippen MR) is 179 cm³/mol. The van der Waals surface area contributed by atoms with Crippen LogP contribution in [0, 0.1) is 18.2 Å². The molecule has 1 aliphatic carbocycles. The maximum absolute atomic E-state index is 16.5. The maximum atomic E-state index is 16.5. The largest absolute Gasteiger partial charge is 0.481 e. The third-order valence-electron chi connectivity index (χ3n) is 10.2. The average Bonchev–Trinajstić information content (AvgIpc) is 3.45. The second-order valence-corrected chi connectivity index (χ2v) is 13.3. The summed E-state index contributed by atoms with van der Waals surface area (Å²) in [4.78, 5) is 58.7. The van der Waals surface area contributed by atoms with Crippen molar-refractivity contribution < 1.29 is 18.7 Å². The molecule has 2 saturated heterocycles. The van der Waals surface area contributed by atoms with E-state index in [4.69, 9.17) is 9.72 Å². The molecule has 2 amide bonds. The highest BCUT2D eigenvalue weighted by Gasteiger charge is 2.55. The van der Waals surface area contributed by atoms with Gasteiger partial charge in [0.15, 0.2) is 0 Å². The van der Waals surface area contributed by atoms with Gasteiger partial charge in [-0.2, -0.15) is 0 Å². The number of nitrogens with zero attached hydrogens (tertiary/aromatic N) is 5. The third-order valence-corrected chi connectivity index (χ3v) is 10.2. The Hall–Kier alpha value is -5.10. The number of anilines is 1. The highest BCUT2D eigenvalue weighted by molar-refractivity contribution is 6.04. The average molecular weight is 653 g/mol. The first-order chi connectivity index (χ1) is 22.9. The lowest BCUT2D eigenvalue weighted by Crippen LogP contribution is -2.72. The van der Waals surface area contributed by atoms with Crippen LogP contribution in [0.25, 0.3) is 22.4 Å². The molecule has 1 N–H and O–H groups in total. The number of methoxy groups -OCH3 is 1. The number of hydrogen-bond acceptors (Lipinski definition) is 7. The highest BCUT2D eigenvalue weighted by Crippen LogP contribution is 2.50. The molecule has 0 unspecified atom stereocenters. The maximum Gasteiger partial charge on any atom is 0.330 e. The Labute approximate surface area is 276 Å². The number of carbonyl (C=O) groups excluding carboxylic acids is 2. The van der Waals surface area contributed by atoms with Crippen molar-refractivity contribution in [1.82, 2.24) is 23.9 Å². The lowest BCUT2D eigenvalue weighted by atomic mass is 9.72. The van der Waals surface area contributed by atoms with Crippen molar-refractivity contribution in [2.45, 2.75) is 32.7 Å². The van der Waals surface area contributed by atoms with E-state index >= 15 is 4.39 Å². The molecule has 0 saturated carbocycles. The number of halogens is 1. The molecule has 2 aliphatic heterocycles. The van der Waals surface area contributed by atoms with Gasteiger partial charge in [0.2, 0.25) is 11.8 Å². The van der Waals surface area contributed by atoms with Gasteiger partial charge in [0.05, 0.1) is 12.8 Å². The molecular weight excluding hydrogens is 615 g/mol. The molecule has 7 rings (SSSR count). The first-order valence-electron chi connectivity index (χ1n) is 16.0. The number of amides is 2. The van der Waals surface area contributed by atoms with E-state index in [1.807, 2.05) is 11.0 Å². The van der Waals surface area contributed by atoms with Crippen LogP contribution >= 0.6 is 0 Å². The Morgan fingerprint density at radius 1 is 1.02 bits per heavy atom. The summed E-state index contributed by atoms with van der Waals surface area (Å²) in [7, 11) is 4.37. The zero-order valence-electron chi connectivity index (χ0n) is 27.6. The minimum atomic E-state index is -0.708. The van der Waals surface area contributed by atoms with E-state index < -0.39 is 23.0 Å². The van der Waals surface area contributed by atoms with E-state index in [-0.39, 0.29) is 22.9 Å². The SMILES string of the molecule is COc1nc(-c2cccc(-c3cccc(NC(=O)c4cn(C)c(=O)n(C)c4=O)c3C)c2F)cc2c1[C@@H](N1CC3(CN(C(C)=O)C3)C1)CC2. The standard InChI is InChI=1S/C36H37FN6O5/c1-20-23(8-7-11-27(20)38-32(45)26-15-40(3)35(47)41(4)34(26)46)24-9-6-10-25(31(24)37)28-14-22-12-13-29(30(22)33(39-28)48-5)43-18-36(19-43)16-42(17-36)21(2)44/h6-11,14-15,29H,12-13,16-19H2,1-5H3,(H,38,45)/t29-/m0/s1. The topological polar surface area (TPSA) is 119 Å². The van der Waals surface area contributed by atoms with Crippen molar-refractivity contribution in [2.75, 3.05) is 38.6 Å². The minimum absolute atomic E-state index is 0.126. The van der Waals surface area contributed by atoms with Crippen LogP contribution in [-0.2, 0) is 25.3 Å². The Morgan fingerprint density at radius 2 is 1.71 bits per heavy atom. The van der Waals surface area contributed by atoms with E-state index in [1.165, 1.54) is 24.9 Å². The van der Waals surface area contributed by atoms with E-state index in [0.717, 1.165) is 54.7 Å². The van der Waals surface area contributed by atoms with Gasteiger partial charge in [-0.05, 0) is 54.7 Å². The number of ether oxygens (including phenoxy) is 1. The summed E-state index contributed by atoms with van der Waals surface area (Å²) in [5.41, 5.74) is 3.64. The molecule has 11 nitrogen and oxygen atoms in total. The second kappa shape index (κ2) is 11.6. The van der Waals surface area contributed by atoms with Gasteiger partial charge in [-0.25, -0.2) is 14.2 Å². The first-order valence-corrected chi connectivity index (χ1v) is 16.0. The van der Waals surface area contributed by atoms with Gasteiger partial charge < -0.3 is 19.5 Å². The summed E-state index contributed by atoms with van der Waals surface area (Å²) in [6.45, 7) is 6.88. The molecule has 0 bridgehead atoms. The van der Waals surface area contributed by atoms with Crippen molar-refractivity contribution >= 4 is 17.5 Å². The minimum Gasteiger partial charge on any atom is -0.481 e. The van der Waals surface area contributed by atoms with Gasteiger partial charge in [0, 0.05) is 87.2 Å². The number of aromatic nitrogens is 3. The fraction of sp³-hybridized carbons (Fsp3) is 0.361. The molecule has 248 valence electrons. The van der Waals surface area contributed by atoms with E-state index in [1.54, 1.807) is 57.4 Å². The van der Waals surface area contributed by atoms with Crippen LogP contribution in [0.5, 0.6) is 5.88 Å². The summed E-state index contributed by atoms with van der Waals surface area (Å²) in [6, 6.07) is 12.5. The number of benzene rings is 2. The molecule has 2 fully saturated rings. The van der Waals surface area contributed by atoms with Crippen molar-refractivity contribution in [3.05, 3.63) is 97.6 Å². The Kier molecular flexibility index (Phi) is 7.58. The zero-order valence-corrected chi connectivity index (χ0v) is 27.6. The number of fused-ring (bicyclic) bond motifs is 1. The fourth-order valence-electron chi connectivity index (χ4n) is 7.62. The van der Waals surface area contributed by atoms with Crippen LogP contribution in [-0.4, -0.2) is 69.0 Å². The normalized spacial score (nSPS) is 17.9. The van der Waals surface area contributed by atoms with Gasteiger partial charge in [0.1, 0.15) is 11.4 Å². The molecular formula is C36H37FN6O5. The number of likely N-dealkylation sites (tertiary alicyclic amines) is 2. The van der Waals surface area contributed by atoms with Gasteiger partial charge in [-0.1, -0.05) is 24.3 Å². The van der Waals surface area contributed by atoms with Crippen LogP contribution < -0.4 is 21.3 Å². The molecule has 0 radical (unpaired) electrons. The Balaban J connectivity index is 1.16. The van der Waals surface area contributed by atoms with E-state index in [0.29, 0.717) is 39.5 Å².